The molecule has 1 heterocycles. The summed E-state index contributed by atoms with van der Waals surface area (Å²) in [6.45, 7) is 5.14. The van der Waals surface area contributed by atoms with Gasteiger partial charge in [-0.05, 0) is 42.9 Å². The molecule has 0 fully saturated rings. The highest BCUT2D eigenvalue weighted by Crippen LogP contribution is 2.21. The van der Waals surface area contributed by atoms with Crippen molar-refractivity contribution in [2.45, 2.75) is 83.5 Å². The number of amides is 2. The second kappa shape index (κ2) is 15.9. The van der Waals surface area contributed by atoms with Crippen molar-refractivity contribution >= 4 is 34.7 Å². The topological polar surface area (TPSA) is 175 Å². The Labute approximate surface area is 251 Å². The molecule has 11 heteroatoms. The summed E-state index contributed by atoms with van der Waals surface area (Å²) in [7, 11) is 0. The molecule has 3 rings (SSSR count). The number of nitrogens with one attached hydrogen (secondary N) is 2. The van der Waals surface area contributed by atoms with Gasteiger partial charge in [0.05, 0.1) is 18.6 Å². The molecule has 0 bridgehead atoms. The number of hydroxylamine groups is 2. The zero-order valence-electron chi connectivity index (χ0n) is 24.9. The summed E-state index contributed by atoms with van der Waals surface area (Å²) < 4.78 is 0. The van der Waals surface area contributed by atoms with Gasteiger partial charge in [-0.25, -0.2) is 4.79 Å². The number of carboxylic acid groups (broad SMARTS) is 1. The second-order valence-electron chi connectivity index (χ2n) is 11.0. The van der Waals surface area contributed by atoms with Crippen LogP contribution in [0.2, 0.25) is 0 Å². The molecular weight excluding hydrogens is 552 g/mol. The highest BCUT2D eigenvalue weighted by Gasteiger charge is 2.38. The number of rotatable bonds is 15. The van der Waals surface area contributed by atoms with Gasteiger partial charge in [0.1, 0.15) is 6.04 Å². The maximum absolute atomic E-state index is 13.9. The molecule has 2 aromatic carbocycles. The van der Waals surface area contributed by atoms with Crippen LogP contribution >= 0.6 is 0 Å². The van der Waals surface area contributed by atoms with Gasteiger partial charge in [0, 0.05) is 23.5 Å². The van der Waals surface area contributed by atoms with Crippen molar-refractivity contribution in [3.05, 3.63) is 71.9 Å². The van der Waals surface area contributed by atoms with Crippen LogP contribution in [-0.2, 0) is 36.9 Å². The van der Waals surface area contributed by atoms with Gasteiger partial charge in [-0.2, -0.15) is 5.06 Å². The van der Waals surface area contributed by atoms with E-state index in [0.29, 0.717) is 17.0 Å². The number of unbranched alkanes of at least 4 members (excludes halogenated alkanes) is 1. The van der Waals surface area contributed by atoms with Crippen LogP contribution in [0.25, 0.3) is 10.9 Å². The smallest absolute Gasteiger partial charge is 0.335 e. The number of H-pyrrole nitrogens is 1. The van der Waals surface area contributed by atoms with Crippen LogP contribution in [0.3, 0.4) is 0 Å². The van der Waals surface area contributed by atoms with Crippen LogP contribution in [0.15, 0.2) is 60.8 Å². The molecule has 2 amide bonds. The van der Waals surface area contributed by atoms with Gasteiger partial charge in [-0.3, -0.25) is 14.4 Å². The first-order valence-electron chi connectivity index (χ1n) is 14.6. The van der Waals surface area contributed by atoms with Crippen LogP contribution in [0.4, 0.5) is 0 Å². The quantitative estimate of drug-likeness (QED) is 0.167. The Morgan fingerprint density at radius 1 is 1.02 bits per heavy atom. The number of fused-ring (bicyclic) bond motifs is 1. The van der Waals surface area contributed by atoms with E-state index in [1.807, 2.05) is 38.1 Å². The third-order valence-corrected chi connectivity index (χ3v) is 7.48. The molecule has 3 aromatic rings. The number of aliphatic hydroxyl groups is 1. The van der Waals surface area contributed by atoms with Crippen LogP contribution in [0, 0.1) is 5.92 Å². The standard InChI is InChI=1S/C32H42N4O7/c1-4-5-11-20(2)28(37)18-29(38)43-36(31(40)25(33)17-23-19-34-26-15-10-9-14-24(23)26)27(16-22-12-7-6-8-13-22)30(39)35-21(3)32(41)42/h6-10,12-15,19-21,25,27-28,34,37H,4-5,11,16-18,33H2,1-3H3,(H,35,39)(H,41,42)/t20-,21-,25-,27-,28-/m0/s1. The van der Waals surface area contributed by atoms with Gasteiger partial charge in [0.25, 0.3) is 5.91 Å². The lowest BCUT2D eigenvalue weighted by Gasteiger charge is -2.32. The molecule has 11 nitrogen and oxygen atoms in total. The Bertz CT molecular complexity index is 1380. The molecule has 0 spiro atoms. The number of aliphatic hydroxyl groups excluding tert-OH is 1. The molecule has 0 unspecified atom stereocenters. The minimum atomic E-state index is -1.44. The fraction of sp³-hybridized carbons (Fsp3) is 0.438. The lowest BCUT2D eigenvalue weighted by atomic mass is 9.96. The number of nitrogens with two attached hydrogens (primary N) is 1. The number of hydrogen-bond acceptors (Lipinski definition) is 7. The van der Waals surface area contributed by atoms with E-state index in [4.69, 9.17) is 10.6 Å². The van der Waals surface area contributed by atoms with E-state index in [2.05, 4.69) is 10.3 Å². The molecule has 6 N–H and O–H groups in total. The van der Waals surface area contributed by atoms with Crippen molar-refractivity contribution in [1.29, 1.82) is 0 Å². The minimum Gasteiger partial charge on any atom is -0.480 e. The number of carbonyl (C=O) groups excluding carboxylic acids is 3. The molecule has 232 valence electrons. The van der Waals surface area contributed by atoms with Crippen molar-refractivity contribution < 1.29 is 34.2 Å². The van der Waals surface area contributed by atoms with E-state index in [1.54, 1.807) is 36.5 Å². The van der Waals surface area contributed by atoms with Crippen LogP contribution < -0.4 is 11.1 Å². The Morgan fingerprint density at radius 2 is 1.70 bits per heavy atom. The number of carboxylic acids is 1. The Hall–Kier alpha value is -4.22. The molecule has 1 aromatic heterocycles. The number of aromatic nitrogens is 1. The predicted molar refractivity (Wildman–Crippen MR) is 161 cm³/mol. The molecule has 43 heavy (non-hydrogen) atoms. The van der Waals surface area contributed by atoms with Gasteiger partial charge < -0.3 is 31.1 Å². The third kappa shape index (κ3) is 9.39. The number of hydrogen-bond donors (Lipinski definition) is 5. The summed E-state index contributed by atoms with van der Waals surface area (Å²) >= 11 is 0. The number of para-hydroxylation sites is 1. The second-order valence-corrected chi connectivity index (χ2v) is 11.0. The number of aliphatic carboxylic acids is 1. The molecule has 0 saturated heterocycles. The first kappa shape index (κ1) is 33.3. The monoisotopic (exact) mass is 594 g/mol. The zero-order chi connectivity index (χ0) is 31.5. The molecule has 0 radical (unpaired) electrons. The van der Waals surface area contributed by atoms with Gasteiger partial charge in [-0.15, -0.1) is 0 Å². The SMILES string of the molecule is CCCC[C@H](C)[C@@H](O)CC(=O)ON(C(=O)[C@@H](N)Cc1c[nH]c2ccccc12)[C@@H](Cc1ccccc1)C(=O)N[C@@H](C)C(=O)O. The highest BCUT2D eigenvalue weighted by molar-refractivity contribution is 5.92. The van der Waals surface area contributed by atoms with Gasteiger partial charge in [0.2, 0.25) is 5.91 Å². The lowest BCUT2D eigenvalue weighted by Crippen LogP contribution is -2.57. The molecule has 0 aliphatic rings. The molecule has 0 aliphatic heterocycles. The molecule has 0 aliphatic carbocycles. The van der Waals surface area contributed by atoms with Gasteiger partial charge in [0.15, 0.2) is 6.04 Å². The summed E-state index contributed by atoms with van der Waals surface area (Å²) in [5, 5.41) is 23.9. The highest BCUT2D eigenvalue weighted by atomic mass is 16.7. The van der Waals surface area contributed by atoms with Gasteiger partial charge in [-0.1, -0.05) is 75.2 Å². The van der Waals surface area contributed by atoms with E-state index in [1.165, 1.54) is 6.92 Å². The molecular formula is C32H42N4O7. The summed E-state index contributed by atoms with van der Waals surface area (Å²) in [6.07, 6.45) is 2.80. The molecule has 0 saturated carbocycles. The average molecular weight is 595 g/mol. The Balaban J connectivity index is 1.93. The zero-order valence-corrected chi connectivity index (χ0v) is 24.9. The number of carbonyl (C=O) groups is 4. The summed E-state index contributed by atoms with van der Waals surface area (Å²) in [6, 6.07) is 12.3. The first-order chi connectivity index (χ1) is 20.5. The number of benzene rings is 2. The molecule has 5 atom stereocenters. The fourth-order valence-corrected chi connectivity index (χ4v) is 4.78. The number of aromatic amines is 1. The Morgan fingerprint density at radius 3 is 2.37 bits per heavy atom. The van der Waals surface area contributed by atoms with Crippen molar-refractivity contribution in [3.63, 3.8) is 0 Å². The fourth-order valence-electron chi connectivity index (χ4n) is 4.78. The van der Waals surface area contributed by atoms with Crippen LogP contribution in [-0.4, -0.2) is 68.2 Å². The van der Waals surface area contributed by atoms with Crippen molar-refractivity contribution in [2.24, 2.45) is 11.7 Å². The van der Waals surface area contributed by atoms with Crippen LogP contribution in [0.5, 0.6) is 0 Å². The van der Waals surface area contributed by atoms with Crippen molar-refractivity contribution in [1.82, 2.24) is 15.4 Å². The minimum absolute atomic E-state index is 0.0682. The normalized spacial score (nSPS) is 14.7. The van der Waals surface area contributed by atoms with E-state index < -0.39 is 54.4 Å². The van der Waals surface area contributed by atoms with E-state index >= 15 is 0 Å². The summed E-state index contributed by atoms with van der Waals surface area (Å²) in [4.78, 5) is 60.7. The number of nitrogens with zero attached hydrogens (tertiary/aromatic N) is 1. The summed E-state index contributed by atoms with van der Waals surface area (Å²) in [5.74, 6) is -4.06. The average Bonchev–Trinajstić information content (AvgIpc) is 3.40. The summed E-state index contributed by atoms with van der Waals surface area (Å²) in [5.41, 5.74) is 8.64. The van der Waals surface area contributed by atoms with Crippen molar-refractivity contribution in [3.8, 4) is 0 Å². The predicted octanol–water partition coefficient (Wildman–Crippen LogP) is 3.10. The van der Waals surface area contributed by atoms with E-state index in [9.17, 15) is 29.4 Å². The Kier molecular flexibility index (Phi) is 12.3. The largest absolute Gasteiger partial charge is 0.480 e. The lowest BCUT2D eigenvalue weighted by molar-refractivity contribution is -0.210. The maximum Gasteiger partial charge on any atom is 0.335 e. The van der Waals surface area contributed by atoms with E-state index in [0.717, 1.165) is 29.3 Å². The first-order valence-corrected chi connectivity index (χ1v) is 14.6. The van der Waals surface area contributed by atoms with Gasteiger partial charge >= 0.3 is 11.9 Å². The van der Waals surface area contributed by atoms with Crippen LogP contribution in [0.1, 0.15) is 57.6 Å². The maximum atomic E-state index is 13.9. The third-order valence-electron chi connectivity index (χ3n) is 7.48. The van der Waals surface area contributed by atoms with Crippen molar-refractivity contribution in [2.75, 3.05) is 0 Å². The van der Waals surface area contributed by atoms with E-state index in [-0.39, 0.29) is 18.8 Å².